The van der Waals surface area contributed by atoms with Gasteiger partial charge in [-0.05, 0) is 24.3 Å². The molecule has 1 aliphatic heterocycles. The molecule has 1 N–H and O–H groups in total. The predicted octanol–water partition coefficient (Wildman–Crippen LogP) is 1.61. The Labute approximate surface area is 130 Å². The highest BCUT2D eigenvalue weighted by Gasteiger charge is 2.22. The summed E-state index contributed by atoms with van der Waals surface area (Å²) in [5, 5.41) is 4.62. The summed E-state index contributed by atoms with van der Waals surface area (Å²) in [5.74, 6) is -0.132. The van der Waals surface area contributed by atoms with Crippen molar-refractivity contribution in [2.24, 2.45) is 0 Å². The van der Waals surface area contributed by atoms with Crippen LogP contribution in [0, 0.1) is 0 Å². The molecule has 0 unspecified atom stereocenters. The average molecular weight is 330 g/mol. The number of hydrogen-bond donors (Lipinski definition) is 1. The number of nitrogens with zero attached hydrogens (tertiary/aromatic N) is 1. The second kappa shape index (κ2) is 7.91. The van der Waals surface area contributed by atoms with E-state index < -0.39 is 10.0 Å². The molecular weight excluding hydrogens is 308 g/mol. The number of carbonyl (C=O) groups excluding carboxylic acids is 1. The van der Waals surface area contributed by atoms with Crippen LogP contribution < -0.4 is 5.32 Å². The highest BCUT2D eigenvalue weighted by molar-refractivity contribution is 7.89. The first-order valence-corrected chi connectivity index (χ1v) is 9.84. The van der Waals surface area contributed by atoms with Gasteiger partial charge in [0, 0.05) is 24.5 Å². The molecule has 2 heterocycles. The van der Waals surface area contributed by atoms with E-state index in [1.807, 2.05) is 17.5 Å². The third-order valence-electron chi connectivity index (χ3n) is 3.56. The monoisotopic (exact) mass is 330 g/mol. The minimum absolute atomic E-state index is 0.0107. The molecule has 0 radical (unpaired) electrons. The molecule has 1 fully saturated rings. The summed E-state index contributed by atoms with van der Waals surface area (Å²) in [6, 6.07) is 3.80. The molecule has 0 bridgehead atoms. The molecule has 118 valence electrons. The van der Waals surface area contributed by atoms with Crippen LogP contribution in [0.25, 0.3) is 0 Å². The second-order valence-electron chi connectivity index (χ2n) is 5.24. The average Bonchev–Trinajstić information content (AvgIpc) is 2.77. The number of hydrogen-bond acceptors (Lipinski definition) is 4. The van der Waals surface area contributed by atoms with Crippen molar-refractivity contribution >= 4 is 27.3 Å². The van der Waals surface area contributed by atoms with Gasteiger partial charge in [0.25, 0.3) is 0 Å². The van der Waals surface area contributed by atoms with Crippen LogP contribution in [0.1, 0.15) is 30.6 Å². The Morgan fingerprint density at radius 2 is 1.95 bits per heavy atom. The second-order valence-corrected chi connectivity index (χ2v) is 8.36. The summed E-state index contributed by atoms with van der Waals surface area (Å²) in [6.07, 6.45) is 4.39. The van der Waals surface area contributed by atoms with Crippen LogP contribution in [-0.2, 0) is 21.2 Å². The minimum atomic E-state index is -3.24. The number of nitrogens with one attached hydrogen (secondary N) is 1. The van der Waals surface area contributed by atoms with Gasteiger partial charge in [-0.25, -0.2) is 12.7 Å². The zero-order valence-electron chi connectivity index (χ0n) is 12.1. The summed E-state index contributed by atoms with van der Waals surface area (Å²) in [5.41, 5.74) is 0. The van der Waals surface area contributed by atoms with Crippen molar-refractivity contribution in [3.63, 3.8) is 0 Å². The van der Waals surface area contributed by atoms with Crippen LogP contribution in [0.15, 0.2) is 17.5 Å². The number of amides is 1. The molecule has 1 saturated heterocycles. The quantitative estimate of drug-likeness (QED) is 0.862. The maximum atomic E-state index is 12.2. The first-order valence-electron chi connectivity index (χ1n) is 7.35. The van der Waals surface area contributed by atoms with Gasteiger partial charge in [0.05, 0.1) is 12.2 Å². The van der Waals surface area contributed by atoms with Crippen molar-refractivity contribution in [2.45, 2.75) is 32.1 Å². The summed E-state index contributed by atoms with van der Waals surface area (Å²) >= 11 is 1.53. The molecule has 1 amide bonds. The van der Waals surface area contributed by atoms with Gasteiger partial charge in [-0.15, -0.1) is 11.3 Å². The Hall–Kier alpha value is -0.920. The largest absolute Gasteiger partial charge is 0.355 e. The molecule has 0 aliphatic carbocycles. The normalized spacial score (nSPS) is 17.3. The van der Waals surface area contributed by atoms with Gasteiger partial charge >= 0.3 is 0 Å². The van der Waals surface area contributed by atoms with E-state index in [2.05, 4.69) is 5.32 Å². The van der Waals surface area contributed by atoms with Gasteiger partial charge in [0.15, 0.2) is 0 Å². The van der Waals surface area contributed by atoms with Crippen molar-refractivity contribution in [3.8, 4) is 0 Å². The van der Waals surface area contributed by atoms with Crippen LogP contribution in [0.4, 0.5) is 0 Å². The van der Waals surface area contributed by atoms with E-state index in [0.29, 0.717) is 19.5 Å². The smallest absolute Gasteiger partial charge is 0.225 e. The van der Waals surface area contributed by atoms with Crippen molar-refractivity contribution in [2.75, 3.05) is 25.4 Å². The Balaban J connectivity index is 1.74. The summed E-state index contributed by atoms with van der Waals surface area (Å²) in [6.45, 7) is 1.42. The fourth-order valence-electron chi connectivity index (χ4n) is 2.40. The van der Waals surface area contributed by atoms with E-state index in [0.717, 1.165) is 30.6 Å². The fraction of sp³-hybridized carbons (Fsp3) is 0.643. The number of rotatable bonds is 6. The standard InChI is InChI=1S/C14H22N2O3S2/c17-14(12-13-6-5-10-20-13)15-7-11-21(18,19)16-8-3-1-2-4-9-16/h5-6,10H,1-4,7-9,11-12H2,(H,15,17). The predicted molar refractivity (Wildman–Crippen MR) is 84.9 cm³/mol. The lowest BCUT2D eigenvalue weighted by molar-refractivity contribution is -0.120. The van der Waals surface area contributed by atoms with Crippen molar-refractivity contribution < 1.29 is 13.2 Å². The summed E-state index contributed by atoms with van der Waals surface area (Å²) in [7, 11) is -3.24. The molecule has 21 heavy (non-hydrogen) atoms. The molecule has 1 aromatic heterocycles. The van der Waals surface area contributed by atoms with Crippen LogP contribution in [0.5, 0.6) is 0 Å². The van der Waals surface area contributed by atoms with Crippen LogP contribution >= 0.6 is 11.3 Å². The van der Waals surface area contributed by atoms with Crippen molar-refractivity contribution in [1.82, 2.24) is 9.62 Å². The van der Waals surface area contributed by atoms with E-state index >= 15 is 0 Å². The first kappa shape index (κ1) is 16.5. The third kappa shape index (κ3) is 5.41. The molecule has 0 atom stereocenters. The number of thiophene rings is 1. The Bertz CT molecular complexity index is 533. The van der Waals surface area contributed by atoms with Crippen LogP contribution in [0.2, 0.25) is 0 Å². The lowest BCUT2D eigenvalue weighted by atomic mass is 10.2. The maximum Gasteiger partial charge on any atom is 0.225 e. The fourth-order valence-corrected chi connectivity index (χ4v) is 4.54. The highest BCUT2D eigenvalue weighted by Crippen LogP contribution is 2.13. The summed E-state index contributed by atoms with van der Waals surface area (Å²) < 4.78 is 26.0. The molecule has 2 rings (SSSR count). The molecule has 5 nitrogen and oxygen atoms in total. The zero-order valence-corrected chi connectivity index (χ0v) is 13.7. The van der Waals surface area contributed by atoms with Crippen LogP contribution in [-0.4, -0.2) is 44.0 Å². The van der Waals surface area contributed by atoms with Gasteiger partial charge in [-0.1, -0.05) is 18.9 Å². The lowest BCUT2D eigenvalue weighted by Gasteiger charge is -2.19. The molecule has 0 aromatic carbocycles. The molecular formula is C14H22N2O3S2. The molecule has 1 aliphatic rings. The Kier molecular flexibility index (Phi) is 6.20. The third-order valence-corrected chi connectivity index (χ3v) is 6.30. The molecule has 7 heteroatoms. The van der Waals surface area contributed by atoms with Gasteiger partial charge in [0.2, 0.25) is 15.9 Å². The zero-order chi connectivity index (χ0) is 15.1. The van der Waals surface area contributed by atoms with Gasteiger partial charge in [-0.3, -0.25) is 4.79 Å². The van der Waals surface area contributed by atoms with E-state index in [1.165, 1.54) is 11.3 Å². The lowest BCUT2D eigenvalue weighted by Crippen LogP contribution is -2.38. The first-order chi connectivity index (χ1) is 10.1. The van der Waals surface area contributed by atoms with Gasteiger partial charge in [0.1, 0.15) is 0 Å². The number of sulfonamides is 1. The van der Waals surface area contributed by atoms with Gasteiger partial charge < -0.3 is 5.32 Å². The van der Waals surface area contributed by atoms with E-state index in [9.17, 15) is 13.2 Å². The number of carbonyl (C=O) groups is 1. The Morgan fingerprint density at radius 3 is 2.57 bits per heavy atom. The minimum Gasteiger partial charge on any atom is -0.355 e. The topological polar surface area (TPSA) is 66.5 Å². The molecule has 0 saturated carbocycles. The van der Waals surface area contributed by atoms with E-state index in [1.54, 1.807) is 4.31 Å². The van der Waals surface area contributed by atoms with E-state index in [-0.39, 0.29) is 18.2 Å². The SMILES string of the molecule is O=C(Cc1cccs1)NCCS(=O)(=O)N1CCCCCC1. The maximum absolute atomic E-state index is 12.2. The van der Waals surface area contributed by atoms with Crippen molar-refractivity contribution in [3.05, 3.63) is 22.4 Å². The van der Waals surface area contributed by atoms with E-state index in [4.69, 9.17) is 0 Å². The molecule has 0 spiro atoms. The Morgan fingerprint density at radius 1 is 1.24 bits per heavy atom. The summed E-state index contributed by atoms with van der Waals surface area (Å²) in [4.78, 5) is 12.7. The molecule has 1 aromatic rings. The van der Waals surface area contributed by atoms with Crippen LogP contribution in [0.3, 0.4) is 0 Å². The highest BCUT2D eigenvalue weighted by atomic mass is 32.2. The van der Waals surface area contributed by atoms with Crippen molar-refractivity contribution in [1.29, 1.82) is 0 Å². The van der Waals surface area contributed by atoms with Gasteiger partial charge in [-0.2, -0.15) is 0 Å².